The number of thiophene rings is 1. The Kier molecular flexibility index (Phi) is 6.76. The first-order chi connectivity index (χ1) is 16.5. The molecular weight excluding hydrogens is 478 g/mol. The van der Waals surface area contributed by atoms with E-state index in [0.29, 0.717) is 36.8 Å². The summed E-state index contributed by atoms with van der Waals surface area (Å²) in [4.78, 5) is 31.0. The lowest BCUT2D eigenvalue weighted by atomic mass is 9.86. The fourth-order valence-electron chi connectivity index (χ4n) is 4.03. The summed E-state index contributed by atoms with van der Waals surface area (Å²) in [5.41, 5.74) is 5.40. The van der Waals surface area contributed by atoms with E-state index in [9.17, 15) is 23.5 Å². The van der Waals surface area contributed by atoms with E-state index in [1.807, 2.05) is 0 Å². The summed E-state index contributed by atoms with van der Waals surface area (Å²) in [6.45, 7) is 4.05. The molecule has 0 saturated carbocycles. The molecule has 0 fully saturated rings. The molecule has 2 unspecified atom stereocenters. The van der Waals surface area contributed by atoms with Crippen LogP contribution in [-0.4, -0.2) is 58.8 Å². The molecule has 2 atom stereocenters. The molecule has 186 valence electrons. The Balaban J connectivity index is 1.60. The van der Waals surface area contributed by atoms with E-state index in [1.165, 1.54) is 26.0 Å². The quantitative estimate of drug-likeness (QED) is 0.506. The summed E-state index contributed by atoms with van der Waals surface area (Å²) in [5.74, 6) is -2.56. The van der Waals surface area contributed by atoms with Gasteiger partial charge in [-0.3, -0.25) is 9.59 Å². The second-order valence-electron chi connectivity index (χ2n) is 8.92. The van der Waals surface area contributed by atoms with Crippen LogP contribution in [0.1, 0.15) is 51.1 Å². The molecule has 2 amide bonds. The number of methoxy groups -OCH3 is 1. The van der Waals surface area contributed by atoms with E-state index in [1.54, 1.807) is 24.1 Å². The standard InChI is InChI=1S/C24H26F2N4O4S/c1-24(2,33)12-8-15(25)20(16(26)9-12)18-10-14(21(27)31)22(35-18)29-19-5-4-13-17(28-19)11-30(23(13)32)6-7-34-3/h4-5,8-10,15,20,33H,6-7,11H2,1-3H3,(H2,27,31)(H,28,29). The third-order valence-electron chi connectivity index (χ3n) is 5.92. The van der Waals surface area contributed by atoms with Crippen LogP contribution in [0.2, 0.25) is 0 Å². The number of nitrogens with one attached hydrogen (secondary N) is 1. The SMILES string of the molecule is COCCN1Cc2nc(Nc3sc(C4C(F)=CC(C(C)(C)O)=CC4F)cc3C(N)=O)ccc2C1=O. The smallest absolute Gasteiger partial charge is 0.256 e. The van der Waals surface area contributed by atoms with Crippen molar-refractivity contribution in [2.45, 2.75) is 38.1 Å². The lowest BCUT2D eigenvalue weighted by molar-refractivity contribution is 0.0718. The fraction of sp³-hybridized carbons (Fsp3) is 0.375. The van der Waals surface area contributed by atoms with E-state index in [4.69, 9.17) is 10.5 Å². The predicted molar refractivity (Wildman–Crippen MR) is 128 cm³/mol. The van der Waals surface area contributed by atoms with Gasteiger partial charge in [-0.2, -0.15) is 0 Å². The van der Waals surface area contributed by atoms with Crippen molar-refractivity contribution in [1.29, 1.82) is 0 Å². The number of ether oxygens (including phenoxy) is 1. The van der Waals surface area contributed by atoms with Gasteiger partial charge < -0.3 is 25.8 Å². The first-order valence-corrected chi connectivity index (χ1v) is 11.8. The lowest BCUT2D eigenvalue weighted by Crippen LogP contribution is -2.27. The first-order valence-electron chi connectivity index (χ1n) is 10.9. The van der Waals surface area contributed by atoms with Crippen LogP contribution in [0, 0.1) is 0 Å². The lowest BCUT2D eigenvalue weighted by Gasteiger charge is -2.27. The Hall–Kier alpha value is -3.15. The second kappa shape index (κ2) is 9.48. The Morgan fingerprint density at radius 1 is 1.43 bits per heavy atom. The number of halogens is 2. The zero-order valence-electron chi connectivity index (χ0n) is 19.5. The highest BCUT2D eigenvalue weighted by Crippen LogP contribution is 2.44. The van der Waals surface area contributed by atoms with Gasteiger partial charge in [-0.25, -0.2) is 13.8 Å². The molecular formula is C24H26F2N4O4S. The molecule has 0 saturated heterocycles. The summed E-state index contributed by atoms with van der Waals surface area (Å²) >= 11 is 0.992. The van der Waals surface area contributed by atoms with Crippen molar-refractivity contribution < 1.29 is 28.2 Å². The van der Waals surface area contributed by atoms with Gasteiger partial charge >= 0.3 is 0 Å². The molecule has 11 heteroatoms. The topological polar surface area (TPSA) is 118 Å². The number of rotatable bonds is 8. The second-order valence-corrected chi connectivity index (χ2v) is 10.0. The number of primary amides is 1. The number of aliphatic hydroxyl groups is 1. The zero-order valence-corrected chi connectivity index (χ0v) is 20.3. The Morgan fingerprint density at radius 3 is 2.80 bits per heavy atom. The maximum atomic E-state index is 15.0. The number of nitrogens with two attached hydrogens (primary N) is 1. The first kappa shape index (κ1) is 25.0. The van der Waals surface area contributed by atoms with E-state index < -0.39 is 29.4 Å². The minimum absolute atomic E-state index is 0.0716. The number of pyridine rings is 1. The zero-order chi connectivity index (χ0) is 25.5. The average molecular weight is 505 g/mol. The molecule has 0 spiro atoms. The molecule has 8 nitrogen and oxygen atoms in total. The molecule has 1 aliphatic heterocycles. The number of allylic oxidation sites excluding steroid dienone is 2. The van der Waals surface area contributed by atoms with Crippen molar-refractivity contribution in [1.82, 2.24) is 9.88 Å². The van der Waals surface area contributed by atoms with Gasteiger partial charge in [-0.15, -0.1) is 11.3 Å². The van der Waals surface area contributed by atoms with Crippen LogP contribution in [0.3, 0.4) is 0 Å². The highest BCUT2D eigenvalue weighted by atomic mass is 32.1. The van der Waals surface area contributed by atoms with Crippen LogP contribution < -0.4 is 11.1 Å². The van der Waals surface area contributed by atoms with Gasteiger partial charge in [0.2, 0.25) is 0 Å². The molecule has 0 radical (unpaired) electrons. The maximum Gasteiger partial charge on any atom is 0.256 e. The monoisotopic (exact) mass is 504 g/mol. The molecule has 35 heavy (non-hydrogen) atoms. The Bertz CT molecular complexity index is 1230. The van der Waals surface area contributed by atoms with Gasteiger partial charge in [0, 0.05) is 18.5 Å². The van der Waals surface area contributed by atoms with Crippen molar-refractivity contribution >= 4 is 34.0 Å². The molecule has 4 N–H and O–H groups in total. The fourth-order valence-corrected chi connectivity index (χ4v) is 5.23. The maximum absolute atomic E-state index is 15.0. The van der Waals surface area contributed by atoms with Crippen molar-refractivity contribution in [3.8, 4) is 0 Å². The number of aromatic nitrogens is 1. The molecule has 2 aliphatic rings. The van der Waals surface area contributed by atoms with Gasteiger partial charge in [0.25, 0.3) is 11.8 Å². The molecule has 3 heterocycles. The molecule has 2 aromatic heterocycles. The summed E-state index contributed by atoms with van der Waals surface area (Å²) < 4.78 is 35.0. The van der Waals surface area contributed by atoms with Crippen molar-refractivity contribution in [2.24, 2.45) is 5.73 Å². The predicted octanol–water partition coefficient (Wildman–Crippen LogP) is 3.57. The van der Waals surface area contributed by atoms with Crippen molar-refractivity contribution in [3.63, 3.8) is 0 Å². The van der Waals surface area contributed by atoms with Gasteiger partial charge in [-0.05, 0) is 49.8 Å². The summed E-state index contributed by atoms with van der Waals surface area (Å²) in [6.07, 6.45) is 0.557. The molecule has 1 aliphatic carbocycles. The minimum Gasteiger partial charge on any atom is -0.386 e. The highest BCUT2D eigenvalue weighted by Gasteiger charge is 2.35. The third kappa shape index (κ3) is 4.97. The van der Waals surface area contributed by atoms with Crippen molar-refractivity contribution in [3.05, 3.63) is 63.4 Å². The van der Waals surface area contributed by atoms with E-state index >= 15 is 0 Å². The molecule has 0 aromatic carbocycles. The number of alkyl halides is 1. The number of anilines is 2. The number of amides is 2. The van der Waals surface area contributed by atoms with Crippen molar-refractivity contribution in [2.75, 3.05) is 25.6 Å². The summed E-state index contributed by atoms with van der Waals surface area (Å²) in [5, 5.41) is 13.4. The van der Waals surface area contributed by atoms with Crippen LogP contribution in [0.15, 0.2) is 41.8 Å². The number of fused-ring (bicyclic) bond motifs is 1. The molecule has 4 rings (SSSR count). The van der Waals surface area contributed by atoms with Gasteiger partial charge in [0.05, 0.1) is 41.5 Å². The van der Waals surface area contributed by atoms with E-state index in [0.717, 1.165) is 17.4 Å². The summed E-state index contributed by atoms with van der Waals surface area (Å²) in [6, 6.07) is 4.60. The third-order valence-corrected chi connectivity index (χ3v) is 7.05. The van der Waals surface area contributed by atoms with Crippen LogP contribution in [0.25, 0.3) is 0 Å². The van der Waals surface area contributed by atoms with Crippen LogP contribution in [0.5, 0.6) is 0 Å². The van der Waals surface area contributed by atoms with Gasteiger partial charge in [0.1, 0.15) is 22.8 Å². The Morgan fingerprint density at radius 2 is 2.17 bits per heavy atom. The summed E-state index contributed by atoms with van der Waals surface area (Å²) in [7, 11) is 1.56. The van der Waals surface area contributed by atoms with E-state index in [-0.39, 0.29) is 26.9 Å². The molecule has 2 aromatic rings. The van der Waals surface area contributed by atoms with Crippen LogP contribution >= 0.6 is 11.3 Å². The number of hydrogen-bond donors (Lipinski definition) is 3. The number of nitrogens with zero attached hydrogens (tertiary/aromatic N) is 2. The normalized spacial score (nSPS) is 19.9. The van der Waals surface area contributed by atoms with Gasteiger partial charge in [-0.1, -0.05) is 0 Å². The van der Waals surface area contributed by atoms with Crippen LogP contribution in [0.4, 0.5) is 19.6 Å². The molecule has 0 bridgehead atoms. The number of carbonyl (C=O) groups is 2. The van der Waals surface area contributed by atoms with E-state index in [2.05, 4.69) is 10.3 Å². The number of carbonyl (C=O) groups excluding carboxylic acids is 2. The largest absolute Gasteiger partial charge is 0.386 e. The highest BCUT2D eigenvalue weighted by molar-refractivity contribution is 7.16. The number of hydrogen-bond acceptors (Lipinski definition) is 7. The average Bonchev–Trinajstić information content (AvgIpc) is 3.32. The minimum atomic E-state index is -1.74. The van der Waals surface area contributed by atoms with Crippen LogP contribution in [-0.2, 0) is 11.3 Å². The Labute approximate surface area is 205 Å². The van der Waals surface area contributed by atoms with Gasteiger partial charge in [0.15, 0.2) is 0 Å².